The van der Waals surface area contributed by atoms with Crippen molar-refractivity contribution in [3.63, 3.8) is 0 Å². The van der Waals surface area contributed by atoms with Crippen LogP contribution in [-0.2, 0) is 32.1 Å². The van der Waals surface area contributed by atoms with Crippen LogP contribution in [0.5, 0.6) is 5.75 Å². The molecule has 1 fully saturated rings. The molecule has 59 heavy (non-hydrogen) atoms. The first-order valence-corrected chi connectivity index (χ1v) is 21.0. The van der Waals surface area contributed by atoms with Gasteiger partial charge in [0.15, 0.2) is 6.61 Å². The molecular formula is C45H61N7O7. The number of carbonyl (C=O) groups is 4. The fourth-order valence-corrected chi connectivity index (χ4v) is 7.92. The third-order valence-electron chi connectivity index (χ3n) is 11.5. The van der Waals surface area contributed by atoms with Crippen molar-refractivity contribution >= 4 is 34.4 Å². The Bertz CT molecular complexity index is 1930. The summed E-state index contributed by atoms with van der Waals surface area (Å²) in [6.45, 7) is 7.16. The topological polar surface area (TPSA) is 208 Å². The third kappa shape index (κ3) is 12.8. The van der Waals surface area contributed by atoms with Crippen LogP contribution in [0.1, 0.15) is 84.0 Å². The van der Waals surface area contributed by atoms with E-state index in [4.69, 9.17) is 4.74 Å². The van der Waals surface area contributed by atoms with Crippen LogP contribution in [0.2, 0.25) is 0 Å². The van der Waals surface area contributed by atoms with Gasteiger partial charge in [0.1, 0.15) is 23.9 Å². The SMILES string of the molecule is CCC(C)[C@H](NC(=O)[C@H](C(C)C)[C@@H](O)[C@H](O)C(CC1CCCCC1)NC(=O)C(Cc1cnc[nH]1)NC(=O)COc1cccc2ccccc12)C(=O)NCc1ccccn1. The average molecular weight is 812 g/mol. The second-order valence-electron chi connectivity index (χ2n) is 16.2. The zero-order valence-corrected chi connectivity index (χ0v) is 34.6. The Hall–Kier alpha value is -5.34. The van der Waals surface area contributed by atoms with Crippen molar-refractivity contribution in [1.82, 2.24) is 36.2 Å². The summed E-state index contributed by atoms with van der Waals surface area (Å²) >= 11 is 0. The molecule has 3 unspecified atom stereocenters. The fourth-order valence-electron chi connectivity index (χ4n) is 7.92. The molecule has 14 heteroatoms. The summed E-state index contributed by atoms with van der Waals surface area (Å²) in [5, 5.41) is 37.2. The molecule has 5 rings (SSSR count). The van der Waals surface area contributed by atoms with E-state index in [0.29, 0.717) is 30.0 Å². The number of aromatic nitrogens is 3. The van der Waals surface area contributed by atoms with Crippen LogP contribution in [0.15, 0.2) is 79.4 Å². The first kappa shape index (κ1) is 44.8. The number of amides is 4. The van der Waals surface area contributed by atoms with Gasteiger partial charge in [-0.05, 0) is 47.8 Å². The van der Waals surface area contributed by atoms with Gasteiger partial charge in [0.2, 0.25) is 17.7 Å². The van der Waals surface area contributed by atoms with Crippen LogP contribution in [0.25, 0.3) is 10.8 Å². The van der Waals surface area contributed by atoms with Crippen molar-refractivity contribution in [2.24, 2.45) is 23.7 Å². The van der Waals surface area contributed by atoms with Crippen molar-refractivity contribution in [2.75, 3.05) is 6.61 Å². The molecule has 7 atom stereocenters. The molecule has 4 amide bonds. The molecule has 2 aromatic heterocycles. The lowest BCUT2D eigenvalue weighted by Crippen LogP contribution is -2.59. The van der Waals surface area contributed by atoms with E-state index in [9.17, 15) is 29.4 Å². The number of pyridine rings is 1. The molecule has 1 aliphatic carbocycles. The van der Waals surface area contributed by atoms with E-state index in [1.54, 1.807) is 44.4 Å². The summed E-state index contributed by atoms with van der Waals surface area (Å²) in [6.07, 6.45) is 7.45. The Morgan fingerprint density at radius 1 is 0.864 bits per heavy atom. The second-order valence-corrected chi connectivity index (χ2v) is 16.2. The van der Waals surface area contributed by atoms with Gasteiger partial charge >= 0.3 is 0 Å². The lowest BCUT2D eigenvalue weighted by atomic mass is 9.79. The molecule has 14 nitrogen and oxygen atoms in total. The molecule has 7 N–H and O–H groups in total. The maximum Gasteiger partial charge on any atom is 0.258 e. The second kappa shape index (κ2) is 22.1. The number of rotatable bonds is 21. The van der Waals surface area contributed by atoms with Gasteiger partial charge in [-0.15, -0.1) is 0 Å². The lowest BCUT2D eigenvalue weighted by Gasteiger charge is -2.37. The van der Waals surface area contributed by atoms with Crippen LogP contribution in [0.3, 0.4) is 0 Å². The van der Waals surface area contributed by atoms with Gasteiger partial charge in [-0.2, -0.15) is 0 Å². The number of imidazole rings is 1. The van der Waals surface area contributed by atoms with E-state index in [1.807, 2.05) is 56.3 Å². The number of aliphatic hydroxyl groups is 2. The Morgan fingerprint density at radius 2 is 1.61 bits per heavy atom. The summed E-state index contributed by atoms with van der Waals surface area (Å²) in [7, 11) is 0. The van der Waals surface area contributed by atoms with Crippen molar-refractivity contribution in [2.45, 2.75) is 116 Å². The van der Waals surface area contributed by atoms with Crippen LogP contribution in [0.4, 0.5) is 0 Å². The summed E-state index contributed by atoms with van der Waals surface area (Å²) in [5.74, 6) is -3.19. The van der Waals surface area contributed by atoms with Gasteiger partial charge in [-0.25, -0.2) is 4.98 Å². The summed E-state index contributed by atoms with van der Waals surface area (Å²) in [5.41, 5.74) is 1.27. The zero-order chi connectivity index (χ0) is 42.3. The maximum atomic E-state index is 14.2. The molecule has 2 heterocycles. The zero-order valence-electron chi connectivity index (χ0n) is 34.6. The average Bonchev–Trinajstić information content (AvgIpc) is 3.76. The molecule has 2 aromatic carbocycles. The lowest BCUT2D eigenvalue weighted by molar-refractivity contribution is -0.141. The minimum Gasteiger partial charge on any atom is -0.483 e. The standard InChI is InChI=1S/C45H61N7O7/c1-5-29(4)40(45(58)48-25-32-18-11-12-21-47-32)52-44(57)39(28(2)3)42(55)41(54)35(22-30-14-7-6-8-15-30)51-43(56)36(23-33-24-46-27-49-33)50-38(53)26-59-37-20-13-17-31-16-9-10-19-34(31)37/h9-13,16-21,24,27-30,35-36,39-42,54-55H,5-8,14-15,22-23,25-26H2,1-4H3,(H,46,49)(H,48,58)(H,50,53)(H,51,56)(H,52,57)/t29?,35?,36?,39-,40+,41-,42-/m1/s1. The van der Waals surface area contributed by atoms with Crippen molar-refractivity contribution < 1.29 is 34.1 Å². The van der Waals surface area contributed by atoms with Crippen molar-refractivity contribution in [3.05, 3.63) is 90.8 Å². The highest BCUT2D eigenvalue weighted by molar-refractivity contribution is 5.91. The summed E-state index contributed by atoms with van der Waals surface area (Å²) in [4.78, 5) is 66.5. The largest absolute Gasteiger partial charge is 0.483 e. The van der Waals surface area contributed by atoms with E-state index >= 15 is 0 Å². The van der Waals surface area contributed by atoms with Gasteiger partial charge < -0.3 is 41.2 Å². The van der Waals surface area contributed by atoms with E-state index in [-0.39, 0.29) is 37.3 Å². The number of aromatic amines is 1. The molecular weight excluding hydrogens is 751 g/mol. The Labute approximate surface area is 346 Å². The molecule has 0 radical (unpaired) electrons. The van der Waals surface area contributed by atoms with E-state index in [1.165, 1.54) is 6.33 Å². The number of benzene rings is 2. The predicted octanol–water partition coefficient (Wildman–Crippen LogP) is 4.36. The molecule has 318 valence electrons. The predicted molar refractivity (Wildman–Crippen MR) is 225 cm³/mol. The third-order valence-corrected chi connectivity index (χ3v) is 11.5. The van der Waals surface area contributed by atoms with Gasteiger partial charge in [0, 0.05) is 29.9 Å². The van der Waals surface area contributed by atoms with Gasteiger partial charge in [0.25, 0.3) is 5.91 Å². The highest BCUT2D eigenvalue weighted by Gasteiger charge is 2.41. The van der Waals surface area contributed by atoms with Gasteiger partial charge in [-0.1, -0.05) is 109 Å². The number of hydrogen-bond donors (Lipinski definition) is 7. The molecule has 0 bridgehead atoms. The quantitative estimate of drug-likeness (QED) is 0.0637. The number of ether oxygens (including phenoxy) is 1. The number of nitrogens with one attached hydrogen (secondary N) is 5. The highest BCUT2D eigenvalue weighted by Crippen LogP contribution is 2.30. The number of carbonyl (C=O) groups excluding carboxylic acids is 4. The van der Waals surface area contributed by atoms with Gasteiger partial charge in [0.05, 0.1) is 36.6 Å². The first-order chi connectivity index (χ1) is 28.4. The number of fused-ring (bicyclic) bond motifs is 1. The van der Waals surface area contributed by atoms with Crippen LogP contribution in [0, 0.1) is 23.7 Å². The van der Waals surface area contributed by atoms with Gasteiger partial charge in [-0.3, -0.25) is 24.2 Å². The van der Waals surface area contributed by atoms with E-state index < -0.39 is 59.9 Å². The molecule has 4 aromatic rings. The molecule has 1 saturated carbocycles. The Balaban J connectivity index is 1.32. The molecule has 0 saturated heterocycles. The number of H-pyrrole nitrogens is 1. The van der Waals surface area contributed by atoms with Crippen LogP contribution >= 0.6 is 0 Å². The minimum atomic E-state index is -1.60. The molecule has 0 spiro atoms. The number of nitrogens with zero attached hydrogens (tertiary/aromatic N) is 2. The number of aliphatic hydroxyl groups excluding tert-OH is 2. The van der Waals surface area contributed by atoms with Crippen molar-refractivity contribution in [3.8, 4) is 5.75 Å². The molecule has 1 aliphatic rings. The monoisotopic (exact) mass is 811 g/mol. The van der Waals surface area contributed by atoms with Crippen LogP contribution < -0.4 is 26.0 Å². The summed E-state index contributed by atoms with van der Waals surface area (Å²) < 4.78 is 5.91. The number of hydrogen-bond acceptors (Lipinski definition) is 9. The smallest absolute Gasteiger partial charge is 0.258 e. The summed E-state index contributed by atoms with van der Waals surface area (Å²) in [6, 6.07) is 15.7. The minimum absolute atomic E-state index is 0.0665. The van der Waals surface area contributed by atoms with E-state index in [2.05, 4.69) is 36.2 Å². The Kier molecular flexibility index (Phi) is 16.8. The molecule has 0 aliphatic heterocycles. The maximum absolute atomic E-state index is 14.2. The Morgan fingerprint density at radius 3 is 2.31 bits per heavy atom. The first-order valence-electron chi connectivity index (χ1n) is 21.0. The van der Waals surface area contributed by atoms with Crippen LogP contribution in [-0.4, -0.2) is 85.7 Å². The van der Waals surface area contributed by atoms with Crippen molar-refractivity contribution in [1.29, 1.82) is 0 Å². The highest BCUT2D eigenvalue weighted by atomic mass is 16.5. The fraction of sp³-hybridized carbons (Fsp3) is 0.511. The van der Waals surface area contributed by atoms with E-state index in [0.717, 1.165) is 42.9 Å². The normalized spacial score (nSPS) is 16.9.